The summed E-state index contributed by atoms with van der Waals surface area (Å²) in [5.74, 6) is -0.575. The van der Waals surface area contributed by atoms with Crippen LogP contribution in [-0.2, 0) is 14.6 Å². The Hall–Kier alpha value is -2.18. The molecule has 2 aromatic carbocycles. The van der Waals surface area contributed by atoms with Gasteiger partial charge in [0.25, 0.3) is 0 Å². The van der Waals surface area contributed by atoms with E-state index in [1.807, 2.05) is 43.3 Å². The van der Waals surface area contributed by atoms with Crippen molar-refractivity contribution in [2.75, 3.05) is 37.7 Å². The van der Waals surface area contributed by atoms with Crippen LogP contribution in [0.25, 0.3) is 0 Å². The number of hydrogen-bond donors (Lipinski definition) is 0. The van der Waals surface area contributed by atoms with E-state index in [9.17, 15) is 13.2 Å². The summed E-state index contributed by atoms with van der Waals surface area (Å²) in [5, 5.41) is 0. The van der Waals surface area contributed by atoms with Gasteiger partial charge in [-0.2, -0.15) is 0 Å². The van der Waals surface area contributed by atoms with Crippen molar-refractivity contribution in [2.45, 2.75) is 19.4 Å². The van der Waals surface area contributed by atoms with E-state index >= 15 is 0 Å². The van der Waals surface area contributed by atoms with Gasteiger partial charge in [0.15, 0.2) is 9.84 Å². The van der Waals surface area contributed by atoms with Crippen LogP contribution in [0.4, 0.5) is 0 Å². The van der Waals surface area contributed by atoms with Crippen molar-refractivity contribution in [3.05, 3.63) is 71.8 Å². The summed E-state index contributed by atoms with van der Waals surface area (Å²) < 4.78 is 23.9. The molecular weight excluding hydrogens is 372 g/mol. The molecule has 5 nitrogen and oxygen atoms in total. The van der Waals surface area contributed by atoms with Gasteiger partial charge in [0, 0.05) is 26.2 Å². The van der Waals surface area contributed by atoms with Gasteiger partial charge in [0.1, 0.15) is 5.75 Å². The summed E-state index contributed by atoms with van der Waals surface area (Å²) in [6.07, 6.45) is 0.541. The highest BCUT2D eigenvalue weighted by Crippen LogP contribution is 2.29. The highest BCUT2D eigenvalue weighted by molar-refractivity contribution is 7.92. The Morgan fingerprint density at radius 3 is 1.86 bits per heavy atom. The molecular formula is C22H28N2O3S. The molecule has 0 saturated carbocycles. The minimum atomic E-state index is -3.30. The molecule has 1 saturated heterocycles. The van der Waals surface area contributed by atoms with Gasteiger partial charge in [-0.05, 0) is 17.5 Å². The fourth-order valence-electron chi connectivity index (χ4n) is 3.78. The zero-order valence-corrected chi connectivity index (χ0v) is 17.1. The van der Waals surface area contributed by atoms with Gasteiger partial charge in [0.2, 0.25) is 5.91 Å². The number of sulfone groups is 1. The molecule has 1 aliphatic heterocycles. The topological polar surface area (TPSA) is 57.7 Å². The molecule has 1 heterocycles. The van der Waals surface area contributed by atoms with Crippen LogP contribution in [0.2, 0.25) is 0 Å². The summed E-state index contributed by atoms with van der Waals surface area (Å²) in [6.45, 7) is 4.35. The maximum absolute atomic E-state index is 12.4. The lowest BCUT2D eigenvalue weighted by atomic mass is 9.96. The predicted molar refractivity (Wildman–Crippen MR) is 112 cm³/mol. The predicted octanol–water partition coefficient (Wildman–Crippen LogP) is 2.75. The van der Waals surface area contributed by atoms with Crippen molar-refractivity contribution < 1.29 is 13.2 Å². The van der Waals surface area contributed by atoms with Crippen LogP contribution in [0.1, 0.15) is 30.5 Å². The third-order valence-electron chi connectivity index (χ3n) is 5.12. The number of nitrogens with zero attached hydrogens (tertiary/aromatic N) is 2. The molecule has 3 rings (SSSR count). The average Bonchev–Trinajstić information content (AvgIpc) is 2.70. The summed E-state index contributed by atoms with van der Waals surface area (Å²) >= 11 is 0. The molecule has 0 radical (unpaired) electrons. The largest absolute Gasteiger partial charge is 0.339 e. The van der Waals surface area contributed by atoms with Crippen LogP contribution in [0.15, 0.2) is 60.7 Å². The first-order chi connectivity index (χ1) is 13.5. The second kappa shape index (κ2) is 9.34. The first-order valence-corrected chi connectivity index (χ1v) is 11.6. The monoisotopic (exact) mass is 400 g/mol. The second-order valence-corrected chi connectivity index (χ2v) is 9.42. The molecule has 0 unspecified atom stereocenters. The van der Waals surface area contributed by atoms with Crippen LogP contribution in [0.3, 0.4) is 0 Å². The molecule has 1 fully saturated rings. The minimum Gasteiger partial charge on any atom is -0.339 e. The Balaban J connectivity index is 1.70. The van der Waals surface area contributed by atoms with Crippen LogP contribution in [-0.4, -0.2) is 61.8 Å². The molecule has 0 atom stereocenters. The standard InChI is InChI=1S/C22H28N2O3S/c1-2-17-28(26,27)18-21(25)23-13-15-24(16-14-23)22(19-9-5-3-6-10-19)20-11-7-4-8-12-20/h3-12,22H,2,13-18H2,1H3. The smallest absolute Gasteiger partial charge is 0.237 e. The molecule has 0 bridgehead atoms. The van der Waals surface area contributed by atoms with Crippen LogP contribution < -0.4 is 0 Å². The fraction of sp³-hybridized carbons (Fsp3) is 0.409. The molecule has 0 aromatic heterocycles. The van der Waals surface area contributed by atoms with E-state index in [0.29, 0.717) is 32.6 Å². The molecule has 150 valence electrons. The zero-order valence-electron chi connectivity index (χ0n) is 16.3. The van der Waals surface area contributed by atoms with Gasteiger partial charge in [-0.15, -0.1) is 0 Å². The van der Waals surface area contributed by atoms with Crippen molar-refractivity contribution in [1.29, 1.82) is 0 Å². The van der Waals surface area contributed by atoms with E-state index in [1.165, 1.54) is 11.1 Å². The highest BCUT2D eigenvalue weighted by Gasteiger charge is 2.29. The van der Waals surface area contributed by atoms with Gasteiger partial charge >= 0.3 is 0 Å². The van der Waals surface area contributed by atoms with Crippen molar-refractivity contribution >= 4 is 15.7 Å². The van der Waals surface area contributed by atoms with Crippen LogP contribution in [0, 0.1) is 0 Å². The van der Waals surface area contributed by atoms with Crippen LogP contribution in [0.5, 0.6) is 0 Å². The van der Waals surface area contributed by atoms with Crippen LogP contribution >= 0.6 is 0 Å². The first kappa shape index (κ1) is 20.6. The number of amides is 1. The minimum absolute atomic E-state index is 0.0722. The molecule has 0 N–H and O–H groups in total. The summed E-state index contributed by atoms with van der Waals surface area (Å²) in [5.41, 5.74) is 2.44. The third kappa shape index (κ3) is 5.20. The molecule has 2 aromatic rings. The second-order valence-electron chi connectivity index (χ2n) is 7.23. The van der Waals surface area contributed by atoms with E-state index in [4.69, 9.17) is 0 Å². The van der Waals surface area contributed by atoms with Gasteiger partial charge in [-0.25, -0.2) is 8.42 Å². The molecule has 0 spiro atoms. The number of carbonyl (C=O) groups excluding carboxylic acids is 1. The number of carbonyl (C=O) groups is 1. The number of hydrogen-bond acceptors (Lipinski definition) is 4. The summed E-state index contributed by atoms with van der Waals surface area (Å²) in [4.78, 5) is 16.5. The Labute approximate surface area is 167 Å². The van der Waals surface area contributed by atoms with Crippen molar-refractivity contribution in [3.8, 4) is 0 Å². The summed E-state index contributed by atoms with van der Waals surface area (Å²) in [7, 11) is -3.30. The fourth-order valence-corrected chi connectivity index (χ4v) is 5.10. The van der Waals surface area contributed by atoms with Gasteiger partial charge in [-0.3, -0.25) is 9.69 Å². The molecule has 6 heteroatoms. The van der Waals surface area contributed by atoms with Gasteiger partial charge < -0.3 is 4.90 Å². The third-order valence-corrected chi connectivity index (χ3v) is 6.84. The Morgan fingerprint density at radius 1 is 0.893 bits per heavy atom. The van der Waals surface area contributed by atoms with E-state index in [2.05, 4.69) is 29.2 Å². The molecule has 1 amide bonds. The lowest BCUT2D eigenvalue weighted by molar-refractivity contribution is -0.130. The Kier molecular flexibility index (Phi) is 6.86. The van der Waals surface area contributed by atoms with E-state index in [-0.39, 0.29) is 23.5 Å². The molecule has 1 aliphatic rings. The molecule has 28 heavy (non-hydrogen) atoms. The number of piperazine rings is 1. The van der Waals surface area contributed by atoms with Gasteiger partial charge in [0.05, 0.1) is 11.8 Å². The van der Waals surface area contributed by atoms with Gasteiger partial charge in [-0.1, -0.05) is 67.6 Å². The van der Waals surface area contributed by atoms with Crippen molar-refractivity contribution in [2.24, 2.45) is 0 Å². The van der Waals surface area contributed by atoms with Crippen molar-refractivity contribution in [1.82, 2.24) is 9.80 Å². The first-order valence-electron chi connectivity index (χ1n) is 9.82. The average molecular weight is 401 g/mol. The Morgan fingerprint density at radius 2 is 1.39 bits per heavy atom. The van der Waals surface area contributed by atoms with E-state index in [0.717, 1.165) is 0 Å². The number of rotatable bonds is 7. The zero-order chi connectivity index (χ0) is 20.0. The van der Waals surface area contributed by atoms with Crippen molar-refractivity contribution in [3.63, 3.8) is 0 Å². The van der Waals surface area contributed by atoms with E-state index in [1.54, 1.807) is 4.90 Å². The maximum atomic E-state index is 12.4. The SMILES string of the molecule is CCCS(=O)(=O)CC(=O)N1CCN(C(c2ccccc2)c2ccccc2)CC1. The van der Waals surface area contributed by atoms with E-state index < -0.39 is 9.84 Å². The normalized spacial score (nSPS) is 15.7. The Bertz CT molecular complexity index is 822. The summed E-state index contributed by atoms with van der Waals surface area (Å²) in [6, 6.07) is 20.9. The number of benzene rings is 2. The maximum Gasteiger partial charge on any atom is 0.237 e. The quantitative estimate of drug-likeness (QED) is 0.717. The lowest BCUT2D eigenvalue weighted by Gasteiger charge is -2.39. The highest BCUT2D eigenvalue weighted by atomic mass is 32.2. The lowest BCUT2D eigenvalue weighted by Crippen LogP contribution is -2.51. The molecule has 0 aliphatic carbocycles.